The molecule has 0 aliphatic carbocycles. The van der Waals surface area contributed by atoms with Gasteiger partial charge in [0.1, 0.15) is 5.69 Å². The van der Waals surface area contributed by atoms with Crippen LogP contribution in [0.5, 0.6) is 0 Å². The van der Waals surface area contributed by atoms with Crippen molar-refractivity contribution >= 4 is 28.9 Å². The summed E-state index contributed by atoms with van der Waals surface area (Å²) < 4.78 is 0. The molecule has 168 valence electrons. The number of piperazine rings is 1. The number of anilines is 2. The smallest absolute Gasteiger partial charge is 0.293 e. The summed E-state index contributed by atoms with van der Waals surface area (Å²) in [4.78, 5) is 43.7. The summed E-state index contributed by atoms with van der Waals surface area (Å²) in [5, 5.41) is 11.8. The summed E-state index contributed by atoms with van der Waals surface area (Å²) in [6.45, 7) is 5.28. The molecule has 0 unspecified atom stereocenters. The van der Waals surface area contributed by atoms with Crippen molar-refractivity contribution < 1.29 is 14.5 Å². The highest BCUT2D eigenvalue weighted by molar-refractivity contribution is 5.96. The molecule has 0 saturated carbocycles. The Labute approximate surface area is 187 Å². The van der Waals surface area contributed by atoms with E-state index in [1.54, 1.807) is 21.9 Å². The van der Waals surface area contributed by atoms with Crippen LogP contribution in [0.25, 0.3) is 0 Å². The molecule has 2 amide bonds. The average Bonchev–Trinajstić information content (AvgIpc) is 2.97. The largest absolute Gasteiger partial charge is 0.373 e. The second kappa shape index (κ2) is 8.86. The fourth-order valence-electron chi connectivity index (χ4n) is 4.38. The topological polar surface area (TPSA) is 90.2 Å². The molecular formula is C23H27N5O4. The lowest BCUT2D eigenvalue weighted by atomic mass is 10.1. The van der Waals surface area contributed by atoms with Gasteiger partial charge in [0.05, 0.1) is 4.92 Å². The van der Waals surface area contributed by atoms with E-state index in [-0.39, 0.29) is 17.5 Å². The van der Waals surface area contributed by atoms with Crippen molar-refractivity contribution in [3.05, 3.63) is 63.7 Å². The van der Waals surface area contributed by atoms with Gasteiger partial charge in [-0.2, -0.15) is 0 Å². The Morgan fingerprint density at radius 1 is 0.906 bits per heavy atom. The lowest BCUT2D eigenvalue weighted by Crippen LogP contribution is -2.48. The van der Waals surface area contributed by atoms with E-state index in [4.69, 9.17) is 0 Å². The molecule has 4 rings (SSSR count). The quantitative estimate of drug-likeness (QED) is 0.541. The molecule has 32 heavy (non-hydrogen) atoms. The lowest BCUT2D eigenvalue weighted by molar-refractivity contribution is -0.384. The Morgan fingerprint density at radius 2 is 1.59 bits per heavy atom. The molecule has 0 N–H and O–H groups in total. The van der Waals surface area contributed by atoms with E-state index < -0.39 is 4.92 Å². The third kappa shape index (κ3) is 4.23. The zero-order valence-corrected chi connectivity index (χ0v) is 18.4. The molecular weight excluding hydrogens is 410 g/mol. The number of benzene rings is 2. The standard InChI is InChI=1S/C23H27N5O4/c1-17(29)25-11-13-26(14-12-25)21-8-7-18(15-22(21)28(31)32)23(30)27-10-9-24(2)20-6-4-3-5-19(20)16-27/h3-8,15H,9-14,16H2,1-2H3. The van der Waals surface area contributed by atoms with Gasteiger partial charge in [0.2, 0.25) is 5.91 Å². The van der Waals surface area contributed by atoms with Crippen molar-refractivity contribution in [3.63, 3.8) is 0 Å². The van der Waals surface area contributed by atoms with Gasteiger partial charge in [0.15, 0.2) is 0 Å². The van der Waals surface area contributed by atoms with Crippen molar-refractivity contribution in [2.75, 3.05) is 56.1 Å². The third-order valence-electron chi connectivity index (χ3n) is 6.24. The van der Waals surface area contributed by atoms with Gasteiger partial charge >= 0.3 is 0 Å². The minimum atomic E-state index is -0.436. The first-order chi connectivity index (χ1) is 15.3. The Kier molecular flexibility index (Phi) is 5.98. The van der Waals surface area contributed by atoms with Crippen molar-refractivity contribution in [1.29, 1.82) is 0 Å². The van der Waals surface area contributed by atoms with Crippen molar-refractivity contribution in [2.24, 2.45) is 0 Å². The molecule has 2 heterocycles. The van der Waals surface area contributed by atoms with Crippen LogP contribution in [0.4, 0.5) is 17.1 Å². The van der Waals surface area contributed by atoms with Crippen LogP contribution in [0, 0.1) is 10.1 Å². The normalized spacial score (nSPS) is 16.4. The minimum absolute atomic E-state index is 0.00441. The van der Waals surface area contributed by atoms with Gasteiger partial charge in [-0.15, -0.1) is 0 Å². The third-order valence-corrected chi connectivity index (χ3v) is 6.24. The first kappa shape index (κ1) is 21.6. The van der Waals surface area contributed by atoms with Gasteiger partial charge in [-0.3, -0.25) is 19.7 Å². The van der Waals surface area contributed by atoms with E-state index in [1.807, 2.05) is 36.2 Å². The molecule has 2 aromatic rings. The number of para-hydroxylation sites is 1. The predicted molar refractivity (Wildman–Crippen MR) is 122 cm³/mol. The van der Waals surface area contributed by atoms with E-state index in [0.717, 1.165) is 11.3 Å². The van der Waals surface area contributed by atoms with Crippen LogP contribution in [0.3, 0.4) is 0 Å². The molecule has 9 heteroatoms. The number of nitro groups is 1. The minimum Gasteiger partial charge on any atom is -0.373 e. The fourth-order valence-corrected chi connectivity index (χ4v) is 4.38. The Balaban J connectivity index is 1.57. The molecule has 0 bridgehead atoms. The van der Waals surface area contributed by atoms with Crippen molar-refractivity contribution in [3.8, 4) is 0 Å². The Morgan fingerprint density at radius 3 is 2.28 bits per heavy atom. The number of carbonyl (C=O) groups excluding carboxylic acids is 2. The van der Waals surface area contributed by atoms with E-state index in [2.05, 4.69) is 4.90 Å². The van der Waals surface area contributed by atoms with E-state index in [1.165, 1.54) is 13.0 Å². The van der Waals surface area contributed by atoms with Crippen LogP contribution < -0.4 is 9.80 Å². The number of nitrogens with zero attached hydrogens (tertiary/aromatic N) is 5. The number of carbonyl (C=O) groups is 2. The molecule has 0 aromatic heterocycles. The molecule has 1 saturated heterocycles. The maximum Gasteiger partial charge on any atom is 0.293 e. The molecule has 2 aliphatic rings. The highest BCUT2D eigenvalue weighted by Crippen LogP contribution is 2.31. The number of fused-ring (bicyclic) bond motifs is 1. The highest BCUT2D eigenvalue weighted by Gasteiger charge is 2.28. The highest BCUT2D eigenvalue weighted by atomic mass is 16.6. The van der Waals surface area contributed by atoms with Crippen molar-refractivity contribution in [1.82, 2.24) is 9.80 Å². The fraction of sp³-hybridized carbons (Fsp3) is 0.391. The summed E-state index contributed by atoms with van der Waals surface area (Å²) in [6, 6.07) is 12.7. The van der Waals surface area contributed by atoms with Gasteiger partial charge in [-0.25, -0.2) is 0 Å². The summed E-state index contributed by atoms with van der Waals surface area (Å²) in [7, 11) is 2.00. The van der Waals surface area contributed by atoms with Gasteiger partial charge in [0, 0.05) is 77.1 Å². The molecule has 0 radical (unpaired) electrons. The average molecular weight is 438 g/mol. The summed E-state index contributed by atoms with van der Waals surface area (Å²) >= 11 is 0. The van der Waals surface area contributed by atoms with Gasteiger partial charge in [-0.1, -0.05) is 18.2 Å². The molecule has 1 fully saturated rings. The van der Waals surface area contributed by atoms with Crippen LogP contribution in [0.1, 0.15) is 22.8 Å². The number of hydrogen-bond acceptors (Lipinski definition) is 6. The number of rotatable bonds is 3. The molecule has 0 spiro atoms. The monoisotopic (exact) mass is 437 g/mol. The SMILES string of the molecule is CC(=O)N1CCN(c2ccc(C(=O)N3CCN(C)c4ccccc4C3)cc2[N+](=O)[O-])CC1. The lowest BCUT2D eigenvalue weighted by Gasteiger charge is -2.35. The first-order valence-electron chi connectivity index (χ1n) is 10.7. The van der Waals surface area contributed by atoms with Crippen LogP contribution in [-0.2, 0) is 11.3 Å². The van der Waals surface area contributed by atoms with E-state index in [0.29, 0.717) is 57.1 Å². The number of amides is 2. The van der Waals surface area contributed by atoms with Crippen LogP contribution >= 0.6 is 0 Å². The number of nitro benzene ring substituents is 1. The van der Waals surface area contributed by atoms with Crippen LogP contribution in [0.2, 0.25) is 0 Å². The van der Waals surface area contributed by atoms with Crippen LogP contribution in [0.15, 0.2) is 42.5 Å². The summed E-state index contributed by atoms with van der Waals surface area (Å²) in [6.07, 6.45) is 0. The zero-order chi connectivity index (χ0) is 22.8. The second-order valence-electron chi connectivity index (χ2n) is 8.23. The molecule has 2 aliphatic heterocycles. The Hall–Kier alpha value is -3.62. The summed E-state index contributed by atoms with van der Waals surface area (Å²) in [5.41, 5.74) is 2.85. The van der Waals surface area contributed by atoms with E-state index in [9.17, 15) is 19.7 Å². The maximum atomic E-state index is 13.3. The molecule has 0 atom stereocenters. The van der Waals surface area contributed by atoms with E-state index >= 15 is 0 Å². The van der Waals surface area contributed by atoms with Gasteiger partial charge in [0.25, 0.3) is 11.6 Å². The predicted octanol–water partition coefficient (Wildman–Crippen LogP) is 2.36. The number of likely N-dealkylation sites (N-methyl/N-ethyl adjacent to an activating group) is 1. The zero-order valence-electron chi connectivity index (χ0n) is 18.4. The maximum absolute atomic E-state index is 13.3. The number of hydrogen-bond donors (Lipinski definition) is 0. The van der Waals surface area contributed by atoms with Crippen LogP contribution in [-0.4, -0.2) is 72.9 Å². The van der Waals surface area contributed by atoms with Crippen molar-refractivity contribution in [2.45, 2.75) is 13.5 Å². The Bertz CT molecular complexity index is 1050. The molecule has 9 nitrogen and oxygen atoms in total. The summed E-state index contributed by atoms with van der Waals surface area (Å²) in [5.74, 6) is -0.212. The van der Waals surface area contributed by atoms with Gasteiger partial charge in [-0.05, 0) is 23.8 Å². The molecule has 2 aromatic carbocycles. The second-order valence-corrected chi connectivity index (χ2v) is 8.23. The van der Waals surface area contributed by atoms with Gasteiger partial charge < -0.3 is 19.6 Å². The first-order valence-corrected chi connectivity index (χ1v) is 10.7.